The summed E-state index contributed by atoms with van der Waals surface area (Å²) in [5, 5.41) is 13.0. The van der Waals surface area contributed by atoms with Gasteiger partial charge in [0.25, 0.3) is 0 Å². The molecule has 0 radical (unpaired) electrons. The zero-order valence-electron chi connectivity index (χ0n) is 13.5. The average molecular weight is 341 g/mol. The highest BCUT2D eigenvalue weighted by atomic mass is 35.5. The van der Waals surface area contributed by atoms with Gasteiger partial charge in [0.15, 0.2) is 5.82 Å². The molecule has 0 spiro atoms. The Morgan fingerprint density at radius 3 is 2.88 bits per heavy atom. The molecule has 0 bridgehead atoms. The van der Waals surface area contributed by atoms with E-state index in [9.17, 15) is 0 Å². The van der Waals surface area contributed by atoms with Crippen LogP contribution in [0, 0.1) is 0 Å². The summed E-state index contributed by atoms with van der Waals surface area (Å²) in [5.74, 6) is 2.76. The first-order valence-corrected chi connectivity index (χ1v) is 8.18. The van der Waals surface area contributed by atoms with E-state index in [1.807, 2.05) is 42.5 Å². The lowest BCUT2D eigenvalue weighted by Crippen LogP contribution is -2.09. The van der Waals surface area contributed by atoms with Gasteiger partial charge in [-0.15, -0.1) is 10.2 Å². The van der Waals surface area contributed by atoms with Crippen molar-refractivity contribution >= 4 is 17.3 Å². The molecular formula is C18H17ClN4O. The van der Waals surface area contributed by atoms with Crippen LogP contribution < -0.4 is 10.1 Å². The molecule has 0 fully saturated rings. The van der Waals surface area contributed by atoms with Gasteiger partial charge in [-0.05, 0) is 24.3 Å². The number of hydrogen-bond donors (Lipinski definition) is 1. The fraction of sp³-hybridized carbons (Fsp3) is 0.222. The van der Waals surface area contributed by atoms with Crippen LogP contribution in [0.2, 0.25) is 5.02 Å². The van der Waals surface area contributed by atoms with Crippen LogP contribution in [0.15, 0.2) is 42.5 Å². The van der Waals surface area contributed by atoms with Gasteiger partial charge in [-0.25, -0.2) is 0 Å². The Bertz CT molecular complexity index is 906. The van der Waals surface area contributed by atoms with E-state index < -0.39 is 0 Å². The van der Waals surface area contributed by atoms with E-state index in [1.54, 1.807) is 7.11 Å². The van der Waals surface area contributed by atoms with E-state index in [1.165, 1.54) is 0 Å². The summed E-state index contributed by atoms with van der Waals surface area (Å²) < 4.78 is 7.45. The van der Waals surface area contributed by atoms with Gasteiger partial charge in [0, 0.05) is 29.1 Å². The van der Waals surface area contributed by atoms with Gasteiger partial charge in [0.1, 0.15) is 11.6 Å². The molecule has 2 heterocycles. The Balaban J connectivity index is 1.96. The number of nitrogens with zero attached hydrogens (tertiary/aromatic N) is 3. The molecule has 3 aromatic rings. The number of ether oxygens (including phenoxy) is 1. The predicted molar refractivity (Wildman–Crippen MR) is 95.3 cm³/mol. The highest BCUT2D eigenvalue weighted by molar-refractivity contribution is 6.30. The number of aromatic nitrogens is 3. The second-order valence-electron chi connectivity index (χ2n) is 5.89. The maximum atomic E-state index is 6.16. The van der Waals surface area contributed by atoms with Crippen molar-refractivity contribution in [1.29, 1.82) is 0 Å². The van der Waals surface area contributed by atoms with Gasteiger partial charge in [0.05, 0.1) is 18.5 Å². The molecule has 4 rings (SSSR count). The van der Waals surface area contributed by atoms with Crippen molar-refractivity contribution in [3.8, 4) is 22.8 Å². The first-order chi connectivity index (χ1) is 11.7. The van der Waals surface area contributed by atoms with E-state index in [0.29, 0.717) is 5.02 Å². The fourth-order valence-electron chi connectivity index (χ4n) is 3.00. The second kappa shape index (κ2) is 5.83. The van der Waals surface area contributed by atoms with E-state index >= 15 is 0 Å². The lowest BCUT2D eigenvalue weighted by molar-refractivity contribution is 0.415. The average Bonchev–Trinajstić information content (AvgIpc) is 2.99. The van der Waals surface area contributed by atoms with Crippen LogP contribution in [0.4, 0.5) is 5.69 Å². The van der Waals surface area contributed by atoms with E-state index in [0.717, 1.165) is 40.9 Å². The highest BCUT2D eigenvalue weighted by Gasteiger charge is 2.25. The third-order valence-electron chi connectivity index (χ3n) is 4.25. The lowest BCUT2D eigenvalue weighted by atomic mass is 10.1. The molecule has 0 unspecified atom stereocenters. The Labute approximate surface area is 145 Å². The number of methoxy groups -OCH3 is 1. The molecule has 1 atom stereocenters. The molecule has 6 heteroatoms. The third kappa shape index (κ3) is 2.41. The Kier molecular flexibility index (Phi) is 3.65. The van der Waals surface area contributed by atoms with E-state index in [4.69, 9.17) is 16.3 Å². The van der Waals surface area contributed by atoms with Crippen LogP contribution in [-0.2, 0) is 0 Å². The summed E-state index contributed by atoms with van der Waals surface area (Å²) in [6.45, 7) is 2.92. The van der Waals surface area contributed by atoms with E-state index in [2.05, 4.69) is 27.0 Å². The first-order valence-electron chi connectivity index (χ1n) is 7.81. The summed E-state index contributed by atoms with van der Waals surface area (Å²) in [4.78, 5) is 0. The molecule has 24 heavy (non-hydrogen) atoms. The summed E-state index contributed by atoms with van der Waals surface area (Å²) in [7, 11) is 1.67. The molecule has 0 amide bonds. The number of rotatable bonds is 2. The van der Waals surface area contributed by atoms with Gasteiger partial charge in [0.2, 0.25) is 0 Å². The van der Waals surface area contributed by atoms with Gasteiger partial charge in [-0.1, -0.05) is 30.7 Å². The molecule has 122 valence electrons. The van der Waals surface area contributed by atoms with Crippen LogP contribution >= 0.6 is 11.6 Å². The Hall–Kier alpha value is -2.53. The van der Waals surface area contributed by atoms with Crippen LogP contribution in [0.1, 0.15) is 18.7 Å². The van der Waals surface area contributed by atoms with Crippen molar-refractivity contribution in [2.24, 2.45) is 0 Å². The minimum Gasteiger partial charge on any atom is -0.497 e. The number of fused-ring (bicyclic) bond motifs is 3. The Morgan fingerprint density at radius 2 is 2.08 bits per heavy atom. The molecule has 0 saturated heterocycles. The monoisotopic (exact) mass is 340 g/mol. The van der Waals surface area contributed by atoms with Crippen molar-refractivity contribution in [1.82, 2.24) is 14.8 Å². The fourth-order valence-corrected chi connectivity index (χ4v) is 3.19. The minimum atomic E-state index is 0.226. The Morgan fingerprint density at radius 1 is 1.21 bits per heavy atom. The maximum absolute atomic E-state index is 6.16. The van der Waals surface area contributed by atoms with Crippen LogP contribution in [0.25, 0.3) is 17.1 Å². The molecular weight excluding hydrogens is 324 g/mol. The van der Waals surface area contributed by atoms with Crippen molar-refractivity contribution in [2.75, 3.05) is 19.0 Å². The quantitative estimate of drug-likeness (QED) is 0.762. The maximum Gasteiger partial charge on any atom is 0.168 e. The zero-order chi connectivity index (χ0) is 16.7. The van der Waals surface area contributed by atoms with E-state index in [-0.39, 0.29) is 5.92 Å². The molecule has 0 saturated carbocycles. The van der Waals surface area contributed by atoms with Gasteiger partial charge in [-0.3, -0.25) is 4.57 Å². The third-order valence-corrected chi connectivity index (χ3v) is 4.49. The standard InChI is InChI=1S/C18H17ClN4O/c1-11-10-20-15-9-14(24-2)6-7-16(15)23-17(11)21-22-18(23)12-4-3-5-13(19)8-12/h3-9,11,20H,10H2,1-2H3/t11-/m1/s1. The minimum absolute atomic E-state index is 0.226. The molecule has 0 aliphatic carbocycles. The molecule has 1 aliphatic rings. The summed E-state index contributed by atoms with van der Waals surface area (Å²) >= 11 is 6.16. The molecule has 1 N–H and O–H groups in total. The van der Waals surface area contributed by atoms with Gasteiger partial charge >= 0.3 is 0 Å². The SMILES string of the molecule is COc1ccc2c(c1)NC[C@@H](C)c1nnc(-c3cccc(Cl)c3)n1-2. The molecule has 2 aromatic carbocycles. The first kappa shape index (κ1) is 15.0. The summed E-state index contributed by atoms with van der Waals surface area (Å²) in [6, 6.07) is 13.7. The number of anilines is 1. The van der Waals surface area contributed by atoms with Crippen LogP contribution in [-0.4, -0.2) is 28.4 Å². The van der Waals surface area contributed by atoms with Crippen molar-refractivity contribution in [2.45, 2.75) is 12.8 Å². The van der Waals surface area contributed by atoms with Gasteiger partial charge < -0.3 is 10.1 Å². The second-order valence-corrected chi connectivity index (χ2v) is 6.33. The topological polar surface area (TPSA) is 52.0 Å². The number of benzene rings is 2. The van der Waals surface area contributed by atoms with Crippen molar-refractivity contribution < 1.29 is 4.74 Å². The van der Waals surface area contributed by atoms with Crippen molar-refractivity contribution in [3.63, 3.8) is 0 Å². The number of hydrogen-bond acceptors (Lipinski definition) is 4. The summed E-state index contributed by atoms with van der Waals surface area (Å²) in [6.07, 6.45) is 0. The largest absolute Gasteiger partial charge is 0.497 e. The van der Waals surface area contributed by atoms with Gasteiger partial charge in [-0.2, -0.15) is 0 Å². The van der Waals surface area contributed by atoms with Crippen molar-refractivity contribution in [3.05, 3.63) is 53.3 Å². The summed E-state index contributed by atoms with van der Waals surface area (Å²) in [5.41, 5.74) is 2.95. The molecule has 1 aromatic heterocycles. The predicted octanol–water partition coefficient (Wildman–Crippen LogP) is 4.13. The lowest BCUT2D eigenvalue weighted by Gasteiger charge is -2.13. The van der Waals surface area contributed by atoms with Crippen LogP contribution in [0.3, 0.4) is 0 Å². The normalized spacial score (nSPS) is 15.9. The smallest absolute Gasteiger partial charge is 0.168 e. The molecule has 1 aliphatic heterocycles. The number of nitrogens with one attached hydrogen (secondary N) is 1. The molecule has 5 nitrogen and oxygen atoms in total. The van der Waals surface area contributed by atoms with Crippen LogP contribution in [0.5, 0.6) is 5.75 Å². The highest BCUT2D eigenvalue weighted by Crippen LogP contribution is 2.35. The zero-order valence-corrected chi connectivity index (χ0v) is 14.2. The number of halogens is 1.